The van der Waals surface area contributed by atoms with E-state index in [1.807, 2.05) is 56.4 Å². The van der Waals surface area contributed by atoms with Gasteiger partial charge in [0.25, 0.3) is 0 Å². The second-order valence-corrected chi connectivity index (χ2v) is 9.90. The summed E-state index contributed by atoms with van der Waals surface area (Å²) in [5, 5.41) is 3.97. The van der Waals surface area contributed by atoms with E-state index in [4.69, 9.17) is 9.72 Å². The maximum Gasteiger partial charge on any atom is 0.418 e. The number of rotatable bonds is 7. The molecule has 42 heavy (non-hydrogen) atoms. The van der Waals surface area contributed by atoms with Crippen LogP contribution in [0.15, 0.2) is 85.6 Å². The number of methoxy groups -OCH3 is 1. The molecule has 0 saturated heterocycles. The molecule has 11 heteroatoms. The van der Waals surface area contributed by atoms with E-state index in [0.717, 1.165) is 50.9 Å². The molecule has 0 radical (unpaired) electrons. The number of nitrogens with zero attached hydrogens (tertiary/aromatic N) is 6. The van der Waals surface area contributed by atoms with E-state index in [2.05, 4.69) is 25.2 Å². The molecule has 1 aromatic carbocycles. The lowest BCUT2D eigenvalue weighted by Gasteiger charge is -2.19. The number of hydrogen-bond donors (Lipinski definition) is 1. The summed E-state index contributed by atoms with van der Waals surface area (Å²) in [6.45, 7) is 2.56. The van der Waals surface area contributed by atoms with Crippen molar-refractivity contribution in [1.29, 1.82) is 0 Å². The van der Waals surface area contributed by atoms with Crippen molar-refractivity contribution in [3.05, 3.63) is 102 Å². The Labute approximate surface area is 239 Å². The minimum Gasteiger partial charge on any atom is -0.497 e. The van der Waals surface area contributed by atoms with Gasteiger partial charge in [-0.25, -0.2) is 9.97 Å². The van der Waals surface area contributed by atoms with E-state index in [0.29, 0.717) is 12.2 Å². The first-order valence-corrected chi connectivity index (χ1v) is 13.1. The van der Waals surface area contributed by atoms with E-state index in [1.54, 1.807) is 25.7 Å². The Balaban J connectivity index is 1.25. The summed E-state index contributed by atoms with van der Waals surface area (Å²) in [5.74, 6) is 1.86. The second-order valence-electron chi connectivity index (χ2n) is 9.90. The molecular weight excluding hydrogens is 543 g/mol. The molecule has 6 rings (SSSR count). The van der Waals surface area contributed by atoms with Gasteiger partial charge in [0, 0.05) is 60.5 Å². The van der Waals surface area contributed by atoms with Crippen molar-refractivity contribution >= 4 is 33.9 Å². The van der Waals surface area contributed by atoms with Crippen LogP contribution >= 0.6 is 0 Å². The van der Waals surface area contributed by atoms with Crippen molar-refractivity contribution in [3.8, 4) is 16.9 Å². The topological polar surface area (TPSA) is 80.5 Å². The van der Waals surface area contributed by atoms with Crippen molar-refractivity contribution in [1.82, 2.24) is 24.3 Å². The highest BCUT2D eigenvalue weighted by Crippen LogP contribution is 2.34. The molecule has 0 unspecified atom stereocenters. The van der Waals surface area contributed by atoms with Crippen LogP contribution in [-0.2, 0) is 12.7 Å². The number of hydrogen-bond acceptors (Lipinski definition) is 7. The van der Waals surface area contributed by atoms with Crippen molar-refractivity contribution in [2.75, 3.05) is 24.4 Å². The Morgan fingerprint density at radius 1 is 0.929 bits per heavy atom. The van der Waals surface area contributed by atoms with Crippen LogP contribution in [0.1, 0.15) is 16.8 Å². The number of fused-ring (bicyclic) bond motifs is 2. The lowest BCUT2D eigenvalue weighted by molar-refractivity contribution is -0.136. The number of alkyl halides is 3. The SMILES string of the molecule is COc1ccc(CN(C)c2cc3ncc(-c4cc(Nc5ncc6c(C(F)(F)F)cccn56)cnc4C)cc3cn2)cc1. The summed E-state index contributed by atoms with van der Waals surface area (Å²) in [4.78, 5) is 20.1. The first-order valence-electron chi connectivity index (χ1n) is 13.1. The molecule has 0 spiro atoms. The van der Waals surface area contributed by atoms with Crippen LogP contribution in [0, 0.1) is 6.92 Å². The molecule has 0 amide bonds. The zero-order chi connectivity index (χ0) is 29.4. The molecule has 0 aliphatic heterocycles. The Bertz CT molecular complexity index is 1900. The molecule has 8 nitrogen and oxygen atoms in total. The van der Waals surface area contributed by atoms with E-state index in [9.17, 15) is 13.2 Å². The standard InChI is InChI=1S/C31H26F3N7O/c1-19-25(12-23(16-35-19)39-30-38-17-28-26(31(32,33)34)5-4-10-41(28)30)21-11-22-15-37-29(13-27(22)36-14-21)40(2)18-20-6-8-24(42-3)9-7-20/h4-17H,18H2,1-3H3,(H,38,39). The van der Waals surface area contributed by atoms with Gasteiger partial charge in [-0.15, -0.1) is 0 Å². The van der Waals surface area contributed by atoms with Gasteiger partial charge in [0.05, 0.1) is 41.8 Å². The third kappa shape index (κ3) is 5.28. The number of benzene rings is 1. The average Bonchev–Trinajstić information content (AvgIpc) is 3.40. The summed E-state index contributed by atoms with van der Waals surface area (Å²) in [6, 6.07) is 16.1. The van der Waals surface area contributed by atoms with Gasteiger partial charge < -0.3 is 15.0 Å². The van der Waals surface area contributed by atoms with Gasteiger partial charge in [-0.05, 0) is 48.9 Å². The van der Waals surface area contributed by atoms with Crippen molar-refractivity contribution in [3.63, 3.8) is 0 Å². The number of pyridine rings is 4. The van der Waals surface area contributed by atoms with Crippen molar-refractivity contribution < 1.29 is 17.9 Å². The maximum absolute atomic E-state index is 13.4. The highest BCUT2D eigenvalue weighted by molar-refractivity contribution is 5.85. The fraction of sp³-hybridized carbons (Fsp3) is 0.161. The number of aromatic nitrogens is 5. The number of halogens is 3. The Kier molecular flexibility index (Phi) is 6.85. The molecule has 0 saturated carbocycles. The third-order valence-corrected chi connectivity index (χ3v) is 7.05. The summed E-state index contributed by atoms with van der Waals surface area (Å²) in [6.07, 6.45) is 3.45. The van der Waals surface area contributed by atoms with Crippen LogP contribution in [0.2, 0.25) is 0 Å². The summed E-state index contributed by atoms with van der Waals surface area (Å²) in [7, 11) is 3.62. The number of anilines is 3. The first-order chi connectivity index (χ1) is 20.2. The highest BCUT2D eigenvalue weighted by atomic mass is 19.4. The minimum atomic E-state index is -4.48. The minimum absolute atomic E-state index is 0.0342. The Hall–Kier alpha value is -5.19. The third-order valence-electron chi connectivity index (χ3n) is 7.05. The molecule has 5 aromatic heterocycles. The van der Waals surface area contributed by atoms with Crippen LogP contribution in [0.3, 0.4) is 0 Å². The molecule has 0 atom stereocenters. The van der Waals surface area contributed by atoms with Gasteiger partial charge in [-0.1, -0.05) is 12.1 Å². The van der Waals surface area contributed by atoms with Gasteiger partial charge in [0.1, 0.15) is 11.6 Å². The predicted molar refractivity (Wildman–Crippen MR) is 156 cm³/mol. The molecule has 6 aromatic rings. The fourth-order valence-electron chi connectivity index (χ4n) is 4.83. The monoisotopic (exact) mass is 569 g/mol. The van der Waals surface area contributed by atoms with Gasteiger partial charge >= 0.3 is 6.18 Å². The van der Waals surface area contributed by atoms with Crippen LogP contribution in [-0.4, -0.2) is 38.5 Å². The van der Waals surface area contributed by atoms with Crippen LogP contribution in [0.5, 0.6) is 5.75 Å². The van der Waals surface area contributed by atoms with E-state index >= 15 is 0 Å². The molecule has 0 fully saturated rings. The summed E-state index contributed by atoms with van der Waals surface area (Å²) in [5.41, 5.74) is 4.16. The predicted octanol–water partition coefficient (Wildman–Crippen LogP) is 7.06. The average molecular weight is 570 g/mol. The fourth-order valence-corrected chi connectivity index (χ4v) is 4.83. The van der Waals surface area contributed by atoms with Crippen molar-refractivity contribution in [2.45, 2.75) is 19.6 Å². The summed E-state index contributed by atoms with van der Waals surface area (Å²) >= 11 is 0. The van der Waals surface area contributed by atoms with Gasteiger partial charge in [-0.2, -0.15) is 13.2 Å². The Morgan fingerprint density at radius 2 is 1.74 bits per heavy atom. The summed E-state index contributed by atoms with van der Waals surface area (Å²) < 4.78 is 46.9. The molecule has 0 bridgehead atoms. The number of nitrogens with one attached hydrogen (secondary N) is 1. The quantitative estimate of drug-likeness (QED) is 0.221. The van der Waals surface area contributed by atoms with Crippen LogP contribution in [0.4, 0.5) is 30.6 Å². The van der Waals surface area contributed by atoms with Crippen molar-refractivity contribution in [2.24, 2.45) is 0 Å². The normalized spacial score (nSPS) is 11.7. The van der Waals surface area contributed by atoms with Gasteiger partial charge in [-0.3, -0.25) is 14.4 Å². The number of aryl methyl sites for hydroxylation is 1. The Morgan fingerprint density at radius 3 is 2.50 bits per heavy atom. The van der Waals surface area contributed by atoms with Crippen LogP contribution in [0.25, 0.3) is 27.5 Å². The zero-order valence-electron chi connectivity index (χ0n) is 23.0. The smallest absolute Gasteiger partial charge is 0.418 e. The van der Waals surface area contributed by atoms with E-state index < -0.39 is 11.7 Å². The molecule has 212 valence electrons. The number of ether oxygens (including phenoxy) is 1. The highest BCUT2D eigenvalue weighted by Gasteiger charge is 2.33. The van der Waals surface area contributed by atoms with Gasteiger partial charge in [0.15, 0.2) is 0 Å². The largest absolute Gasteiger partial charge is 0.497 e. The lowest BCUT2D eigenvalue weighted by Crippen LogP contribution is -2.17. The van der Waals surface area contributed by atoms with E-state index in [-0.39, 0.29) is 11.5 Å². The zero-order valence-corrected chi connectivity index (χ0v) is 23.0. The maximum atomic E-state index is 13.4. The lowest BCUT2D eigenvalue weighted by atomic mass is 10.0. The molecular formula is C31H26F3N7O. The first kappa shape index (κ1) is 27.0. The molecule has 1 N–H and O–H groups in total. The van der Waals surface area contributed by atoms with E-state index in [1.165, 1.54) is 22.9 Å². The molecule has 5 heterocycles. The second kappa shape index (κ2) is 10.7. The molecule has 0 aliphatic carbocycles. The van der Waals surface area contributed by atoms with Gasteiger partial charge in [0.2, 0.25) is 5.95 Å². The molecule has 0 aliphatic rings. The number of imidazole rings is 1. The van der Waals surface area contributed by atoms with Crippen LogP contribution < -0.4 is 15.0 Å².